The molecule has 0 aromatic heterocycles. The second-order valence-corrected chi connectivity index (χ2v) is 10.6. The van der Waals surface area contributed by atoms with Gasteiger partial charge in [0.2, 0.25) is 5.91 Å². The standard InChI is InChI=1S/C31H41N3O5/c1-5-34(25-10-12-39-13-11-25)28-16-24(22-6-8-23(9-7-22)29(36)18-35)15-26(21(28)4)30(37)32-17-27-19(2)14-20(3)33-31(27)38/h6-9,14-16,19,25,27,29,35-36H,5,10-13,17-18H2,1-4H3,(H,32,37)(H,33,38). The van der Waals surface area contributed by atoms with E-state index in [0.29, 0.717) is 17.2 Å². The van der Waals surface area contributed by atoms with E-state index in [0.717, 1.165) is 60.7 Å². The van der Waals surface area contributed by atoms with Gasteiger partial charge in [0, 0.05) is 49.3 Å². The molecule has 1 fully saturated rings. The molecule has 2 aromatic rings. The molecule has 3 atom stereocenters. The molecule has 1 saturated heterocycles. The lowest BCUT2D eigenvalue weighted by Gasteiger charge is -2.37. The molecule has 0 spiro atoms. The summed E-state index contributed by atoms with van der Waals surface area (Å²) in [5.41, 5.74) is 5.74. The number of ether oxygens (including phenoxy) is 1. The van der Waals surface area contributed by atoms with E-state index in [-0.39, 0.29) is 36.8 Å². The Labute approximate surface area is 231 Å². The van der Waals surface area contributed by atoms with Crippen LogP contribution in [0.1, 0.15) is 61.2 Å². The van der Waals surface area contributed by atoms with E-state index >= 15 is 0 Å². The number of nitrogens with zero attached hydrogens (tertiary/aromatic N) is 1. The number of benzene rings is 2. The molecule has 8 nitrogen and oxygen atoms in total. The zero-order chi connectivity index (χ0) is 28.1. The van der Waals surface area contributed by atoms with E-state index in [1.54, 1.807) is 12.1 Å². The topological polar surface area (TPSA) is 111 Å². The lowest BCUT2D eigenvalue weighted by atomic mass is 9.89. The Morgan fingerprint density at radius 3 is 2.46 bits per heavy atom. The van der Waals surface area contributed by atoms with Crippen molar-refractivity contribution >= 4 is 17.5 Å². The number of hydrogen-bond donors (Lipinski definition) is 4. The zero-order valence-corrected chi connectivity index (χ0v) is 23.4. The summed E-state index contributed by atoms with van der Waals surface area (Å²) < 4.78 is 5.60. The van der Waals surface area contributed by atoms with E-state index in [1.165, 1.54) is 0 Å². The highest BCUT2D eigenvalue weighted by Gasteiger charge is 2.29. The molecule has 2 heterocycles. The van der Waals surface area contributed by atoms with Crippen LogP contribution in [0.3, 0.4) is 0 Å². The third kappa shape index (κ3) is 6.52. The maximum Gasteiger partial charge on any atom is 0.251 e. The van der Waals surface area contributed by atoms with Gasteiger partial charge in [-0.15, -0.1) is 0 Å². The Morgan fingerprint density at radius 2 is 1.85 bits per heavy atom. The minimum absolute atomic E-state index is 0.0268. The van der Waals surface area contributed by atoms with Crippen molar-refractivity contribution in [2.75, 3.05) is 37.8 Å². The largest absolute Gasteiger partial charge is 0.393 e. The first-order valence-electron chi connectivity index (χ1n) is 13.9. The van der Waals surface area contributed by atoms with E-state index in [9.17, 15) is 19.8 Å². The first-order valence-corrected chi connectivity index (χ1v) is 13.9. The third-order valence-corrected chi connectivity index (χ3v) is 8.00. The molecule has 8 heteroatoms. The number of aliphatic hydroxyl groups is 2. The van der Waals surface area contributed by atoms with Crippen LogP contribution < -0.4 is 15.5 Å². The third-order valence-electron chi connectivity index (χ3n) is 8.00. The van der Waals surface area contributed by atoms with Crippen molar-refractivity contribution in [1.29, 1.82) is 0 Å². The molecule has 210 valence electrons. The van der Waals surface area contributed by atoms with E-state index in [2.05, 4.69) is 28.5 Å². The Bertz CT molecular complexity index is 1200. The lowest BCUT2D eigenvalue weighted by molar-refractivity contribution is -0.125. The van der Waals surface area contributed by atoms with Gasteiger partial charge in [0.05, 0.1) is 12.5 Å². The van der Waals surface area contributed by atoms with Crippen LogP contribution in [0.2, 0.25) is 0 Å². The second kappa shape index (κ2) is 12.8. The van der Waals surface area contributed by atoms with Crippen LogP contribution in [0.4, 0.5) is 5.69 Å². The number of nitrogens with one attached hydrogen (secondary N) is 2. The average Bonchev–Trinajstić information content (AvgIpc) is 2.94. The number of allylic oxidation sites excluding steroid dienone is 2. The second-order valence-electron chi connectivity index (χ2n) is 10.6. The number of amides is 2. The van der Waals surface area contributed by atoms with Gasteiger partial charge in [-0.25, -0.2) is 0 Å². The molecular formula is C31H41N3O5. The number of rotatable bonds is 9. The molecule has 39 heavy (non-hydrogen) atoms. The monoisotopic (exact) mass is 535 g/mol. The van der Waals surface area contributed by atoms with Crippen LogP contribution in [0.25, 0.3) is 11.1 Å². The van der Waals surface area contributed by atoms with Gasteiger partial charge in [0.25, 0.3) is 5.91 Å². The molecule has 0 bridgehead atoms. The van der Waals surface area contributed by atoms with Gasteiger partial charge in [0.1, 0.15) is 6.10 Å². The van der Waals surface area contributed by atoms with Crippen molar-refractivity contribution in [3.8, 4) is 11.1 Å². The molecule has 0 saturated carbocycles. The van der Waals surface area contributed by atoms with Crippen LogP contribution in [-0.2, 0) is 9.53 Å². The van der Waals surface area contributed by atoms with Crippen LogP contribution in [-0.4, -0.2) is 61.0 Å². The smallest absolute Gasteiger partial charge is 0.251 e. The molecule has 2 aliphatic heterocycles. The highest BCUT2D eigenvalue weighted by molar-refractivity contribution is 5.99. The maximum atomic E-state index is 13.6. The molecular weight excluding hydrogens is 494 g/mol. The number of aliphatic hydroxyl groups excluding tert-OH is 2. The highest BCUT2D eigenvalue weighted by Crippen LogP contribution is 2.34. The Kier molecular flexibility index (Phi) is 9.43. The normalized spacial score (nSPS) is 20.7. The van der Waals surface area contributed by atoms with Crippen LogP contribution >= 0.6 is 0 Å². The van der Waals surface area contributed by atoms with Gasteiger partial charge in [-0.2, -0.15) is 0 Å². The van der Waals surface area contributed by atoms with Gasteiger partial charge < -0.3 is 30.5 Å². The van der Waals surface area contributed by atoms with Crippen molar-refractivity contribution in [2.24, 2.45) is 11.8 Å². The predicted octanol–water partition coefficient (Wildman–Crippen LogP) is 3.71. The van der Waals surface area contributed by atoms with Crippen molar-refractivity contribution in [2.45, 2.75) is 52.7 Å². The fourth-order valence-electron chi connectivity index (χ4n) is 5.68. The van der Waals surface area contributed by atoms with Crippen LogP contribution in [0.5, 0.6) is 0 Å². The summed E-state index contributed by atoms with van der Waals surface area (Å²) in [5.74, 6) is -0.590. The molecule has 4 N–H and O–H groups in total. The number of carbonyl (C=O) groups is 2. The van der Waals surface area contributed by atoms with Gasteiger partial charge >= 0.3 is 0 Å². The first kappa shape index (κ1) is 28.8. The predicted molar refractivity (Wildman–Crippen MR) is 152 cm³/mol. The van der Waals surface area contributed by atoms with Crippen molar-refractivity contribution in [3.63, 3.8) is 0 Å². The molecule has 2 aliphatic rings. The van der Waals surface area contributed by atoms with E-state index < -0.39 is 6.10 Å². The Morgan fingerprint density at radius 1 is 1.15 bits per heavy atom. The molecule has 0 aliphatic carbocycles. The molecule has 3 unspecified atom stereocenters. The number of carbonyl (C=O) groups excluding carboxylic acids is 2. The molecule has 0 radical (unpaired) electrons. The summed E-state index contributed by atoms with van der Waals surface area (Å²) in [6.07, 6.45) is 2.94. The minimum atomic E-state index is -0.934. The Balaban J connectivity index is 1.69. The van der Waals surface area contributed by atoms with Crippen molar-refractivity contribution in [3.05, 3.63) is 64.9 Å². The Hall–Kier alpha value is -3.20. The minimum Gasteiger partial charge on any atom is -0.393 e. The molecule has 4 rings (SSSR count). The van der Waals surface area contributed by atoms with Crippen LogP contribution in [0, 0.1) is 18.8 Å². The molecule has 2 aromatic carbocycles. The van der Waals surface area contributed by atoms with Gasteiger partial charge in [-0.1, -0.05) is 37.3 Å². The van der Waals surface area contributed by atoms with Gasteiger partial charge in [0.15, 0.2) is 0 Å². The SMILES string of the molecule is CCN(c1cc(-c2ccc(C(O)CO)cc2)cc(C(=O)NCC2C(=O)NC(C)=CC2C)c1C)C1CCOCC1. The maximum absolute atomic E-state index is 13.6. The summed E-state index contributed by atoms with van der Waals surface area (Å²) in [5, 5.41) is 25.2. The zero-order valence-electron chi connectivity index (χ0n) is 23.4. The van der Waals surface area contributed by atoms with Gasteiger partial charge in [-0.3, -0.25) is 9.59 Å². The fraction of sp³-hybridized carbons (Fsp3) is 0.484. The summed E-state index contributed by atoms with van der Waals surface area (Å²) in [4.78, 5) is 28.6. The molecule has 2 amide bonds. The fourth-order valence-corrected chi connectivity index (χ4v) is 5.68. The summed E-state index contributed by atoms with van der Waals surface area (Å²) >= 11 is 0. The lowest BCUT2D eigenvalue weighted by Crippen LogP contribution is -2.44. The van der Waals surface area contributed by atoms with E-state index in [4.69, 9.17) is 4.74 Å². The van der Waals surface area contributed by atoms with E-state index in [1.807, 2.05) is 45.0 Å². The quantitative estimate of drug-likeness (QED) is 0.390. The van der Waals surface area contributed by atoms with Crippen LogP contribution in [0.15, 0.2) is 48.2 Å². The van der Waals surface area contributed by atoms with Gasteiger partial charge in [-0.05, 0) is 73.9 Å². The first-order chi connectivity index (χ1) is 18.7. The summed E-state index contributed by atoms with van der Waals surface area (Å²) in [7, 11) is 0. The summed E-state index contributed by atoms with van der Waals surface area (Å²) in [6, 6.07) is 11.7. The summed E-state index contributed by atoms with van der Waals surface area (Å²) in [6.45, 7) is 10.1. The highest BCUT2D eigenvalue weighted by atomic mass is 16.5. The number of hydrogen-bond acceptors (Lipinski definition) is 6. The van der Waals surface area contributed by atoms with Crippen molar-refractivity contribution in [1.82, 2.24) is 10.6 Å². The average molecular weight is 536 g/mol. The number of anilines is 1. The van der Waals surface area contributed by atoms with Crippen molar-refractivity contribution < 1.29 is 24.5 Å².